The molecule has 1 unspecified atom stereocenters. The third kappa shape index (κ3) is 2.90. The molecule has 1 nitrogen and oxygen atoms in total. The highest BCUT2D eigenvalue weighted by atomic mass is 14.9. The fraction of sp³-hybridized carbons (Fsp3) is 0.625. The molecule has 94 valence electrons. The topological polar surface area (TPSA) is 12.0 Å². The van der Waals surface area contributed by atoms with Gasteiger partial charge < -0.3 is 5.32 Å². The van der Waals surface area contributed by atoms with Crippen molar-refractivity contribution in [3.05, 3.63) is 35.9 Å². The highest BCUT2D eigenvalue weighted by molar-refractivity contribution is 5.19. The van der Waals surface area contributed by atoms with Gasteiger partial charge in [0.2, 0.25) is 0 Å². The summed E-state index contributed by atoms with van der Waals surface area (Å²) in [6.45, 7) is 8.16. The molecule has 1 saturated carbocycles. The van der Waals surface area contributed by atoms with Crippen molar-refractivity contribution in [1.82, 2.24) is 5.32 Å². The zero-order valence-electron chi connectivity index (χ0n) is 11.4. The van der Waals surface area contributed by atoms with Crippen LogP contribution in [0, 0.1) is 11.3 Å². The minimum Gasteiger partial charge on any atom is -0.309 e. The molecule has 0 heterocycles. The van der Waals surface area contributed by atoms with E-state index in [9.17, 15) is 0 Å². The van der Waals surface area contributed by atoms with Gasteiger partial charge in [-0.1, -0.05) is 51.1 Å². The molecule has 1 atom stereocenters. The first kappa shape index (κ1) is 12.6. The SMILES string of the molecule is CCC(NCC1(C(C)C)CC1)c1ccccc1. The van der Waals surface area contributed by atoms with Crippen molar-refractivity contribution in [3.63, 3.8) is 0 Å². The first-order valence-corrected chi connectivity index (χ1v) is 6.96. The number of hydrogen-bond donors (Lipinski definition) is 1. The summed E-state index contributed by atoms with van der Waals surface area (Å²) in [6.07, 6.45) is 3.98. The number of nitrogens with one attached hydrogen (secondary N) is 1. The van der Waals surface area contributed by atoms with Crippen LogP contribution in [-0.4, -0.2) is 6.54 Å². The summed E-state index contributed by atoms with van der Waals surface area (Å²) >= 11 is 0. The second-order valence-electron chi connectivity index (χ2n) is 5.77. The molecule has 0 spiro atoms. The molecule has 17 heavy (non-hydrogen) atoms. The second kappa shape index (κ2) is 5.22. The molecule has 0 radical (unpaired) electrons. The van der Waals surface area contributed by atoms with Crippen molar-refractivity contribution in [2.75, 3.05) is 6.54 Å². The van der Waals surface area contributed by atoms with Crippen LogP contribution in [0.2, 0.25) is 0 Å². The molecule has 0 saturated heterocycles. The summed E-state index contributed by atoms with van der Waals surface area (Å²) in [7, 11) is 0. The Hall–Kier alpha value is -0.820. The van der Waals surface area contributed by atoms with Gasteiger partial charge in [-0.15, -0.1) is 0 Å². The lowest BCUT2D eigenvalue weighted by atomic mass is 9.91. The Morgan fingerprint density at radius 1 is 1.18 bits per heavy atom. The summed E-state index contributed by atoms with van der Waals surface area (Å²) in [5.74, 6) is 0.809. The van der Waals surface area contributed by atoms with Crippen molar-refractivity contribution in [2.45, 2.75) is 46.1 Å². The van der Waals surface area contributed by atoms with Crippen molar-refractivity contribution in [3.8, 4) is 0 Å². The van der Waals surface area contributed by atoms with E-state index in [-0.39, 0.29) is 0 Å². The van der Waals surface area contributed by atoms with E-state index in [2.05, 4.69) is 56.4 Å². The minimum absolute atomic E-state index is 0.521. The van der Waals surface area contributed by atoms with Crippen LogP contribution in [0.3, 0.4) is 0 Å². The van der Waals surface area contributed by atoms with Crippen molar-refractivity contribution in [2.24, 2.45) is 11.3 Å². The normalized spacial score (nSPS) is 19.3. The lowest BCUT2D eigenvalue weighted by Crippen LogP contribution is -2.30. The average Bonchev–Trinajstić information content (AvgIpc) is 3.12. The van der Waals surface area contributed by atoms with Gasteiger partial charge in [0.05, 0.1) is 0 Å². The van der Waals surface area contributed by atoms with E-state index < -0.39 is 0 Å². The molecule has 0 aliphatic heterocycles. The molecule has 2 rings (SSSR count). The van der Waals surface area contributed by atoms with Crippen LogP contribution in [-0.2, 0) is 0 Å². The van der Waals surface area contributed by atoms with Crippen LogP contribution in [0.4, 0.5) is 0 Å². The molecule has 1 fully saturated rings. The van der Waals surface area contributed by atoms with Gasteiger partial charge in [-0.2, -0.15) is 0 Å². The van der Waals surface area contributed by atoms with E-state index in [1.54, 1.807) is 0 Å². The van der Waals surface area contributed by atoms with Crippen LogP contribution < -0.4 is 5.32 Å². The summed E-state index contributed by atoms with van der Waals surface area (Å²) in [4.78, 5) is 0. The zero-order chi connectivity index (χ0) is 12.3. The molecular formula is C16H25N. The van der Waals surface area contributed by atoms with Gasteiger partial charge >= 0.3 is 0 Å². The molecule has 1 heteroatoms. The largest absolute Gasteiger partial charge is 0.309 e. The Labute approximate surface area is 106 Å². The van der Waals surface area contributed by atoms with Gasteiger partial charge in [-0.25, -0.2) is 0 Å². The molecule has 0 bridgehead atoms. The Bertz CT molecular complexity index is 338. The van der Waals surface area contributed by atoms with Crippen molar-refractivity contribution < 1.29 is 0 Å². The molecule has 0 aromatic heterocycles. The lowest BCUT2D eigenvalue weighted by molar-refractivity contribution is 0.318. The Morgan fingerprint density at radius 3 is 2.29 bits per heavy atom. The second-order valence-corrected chi connectivity index (χ2v) is 5.77. The van der Waals surface area contributed by atoms with Crippen LogP contribution in [0.5, 0.6) is 0 Å². The maximum absolute atomic E-state index is 3.77. The van der Waals surface area contributed by atoms with E-state index in [0.717, 1.165) is 12.3 Å². The number of benzene rings is 1. The Kier molecular flexibility index (Phi) is 3.88. The number of hydrogen-bond acceptors (Lipinski definition) is 1. The van der Waals surface area contributed by atoms with Gasteiger partial charge in [0.1, 0.15) is 0 Å². The molecule has 1 N–H and O–H groups in total. The Balaban J connectivity index is 1.93. The fourth-order valence-corrected chi connectivity index (χ4v) is 2.63. The van der Waals surface area contributed by atoms with Gasteiger partial charge in [0, 0.05) is 12.6 Å². The first-order valence-electron chi connectivity index (χ1n) is 6.96. The third-order valence-corrected chi connectivity index (χ3v) is 4.43. The summed E-state index contributed by atoms with van der Waals surface area (Å²) in [5, 5.41) is 3.77. The molecular weight excluding hydrogens is 206 g/mol. The quantitative estimate of drug-likeness (QED) is 0.775. The van der Waals surface area contributed by atoms with Gasteiger partial charge in [-0.05, 0) is 36.2 Å². The summed E-state index contributed by atoms with van der Waals surface area (Å²) in [5.41, 5.74) is 2.02. The lowest BCUT2D eigenvalue weighted by Gasteiger charge is -2.24. The number of rotatable bonds is 6. The van der Waals surface area contributed by atoms with E-state index in [1.165, 1.54) is 24.9 Å². The van der Waals surface area contributed by atoms with E-state index >= 15 is 0 Å². The Morgan fingerprint density at radius 2 is 1.82 bits per heavy atom. The standard InChI is InChI=1S/C16H25N/c1-4-15(14-8-6-5-7-9-14)17-12-16(10-11-16)13(2)3/h5-9,13,15,17H,4,10-12H2,1-3H3. The van der Waals surface area contributed by atoms with Gasteiger partial charge in [-0.3, -0.25) is 0 Å². The van der Waals surface area contributed by atoms with Crippen molar-refractivity contribution >= 4 is 0 Å². The molecule has 0 amide bonds. The predicted molar refractivity (Wildman–Crippen MR) is 74.0 cm³/mol. The zero-order valence-corrected chi connectivity index (χ0v) is 11.4. The van der Waals surface area contributed by atoms with E-state index in [1.807, 2.05) is 0 Å². The average molecular weight is 231 g/mol. The minimum atomic E-state index is 0.521. The maximum Gasteiger partial charge on any atom is 0.0317 e. The maximum atomic E-state index is 3.77. The van der Waals surface area contributed by atoms with Gasteiger partial charge in [0.15, 0.2) is 0 Å². The first-order chi connectivity index (χ1) is 8.18. The summed E-state index contributed by atoms with van der Waals surface area (Å²) in [6, 6.07) is 11.3. The van der Waals surface area contributed by atoms with Crippen LogP contribution in [0.25, 0.3) is 0 Å². The molecule has 1 aromatic rings. The molecule has 1 aliphatic carbocycles. The monoisotopic (exact) mass is 231 g/mol. The van der Waals surface area contributed by atoms with E-state index in [4.69, 9.17) is 0 Å². The third-order valence-electron chi connectivity index (χ3n) is 4.43. The summed E-state index contributed by atoms with van der Waals surface area (Å²) < 4.78 is 0. The molecule has 1 aromatic carbocycles. The fourth-order valence-electron chi connectivity index (χ4n) is 2.63. The molecule has 1 aliphatic rings. The van der Waals surface area contributed by atoms with Crippen LogP contribution in [0.15, 0.2) is 30.3 Å². The van der Waals surface area contributed by atoms with Crippen molar-refractivity contribution in [1.29, 1.82) is 0 Å². The smallest absolute Gasteiger partial charge is 0.0317 e. The van der Waals surface area contributed by atoms with Crippen LogP contribution >= 0.6 is 0 Å². The predicted octanol–water partition coefficient (Wildman–Crippen LogP) is 4.16. The highest BCUT2D eigenvalue weighted by Gasteiger charge is 2.44. The van der Waals surface area contributed by atoms with Crippen LogP contribution in [0.1, 0.15) is 51.6 Å². The van der Waals surface area contributed by atoms with Gasteiger partial charge in [0.25, 0.3) is 0 Å². The van der Waals surface area contributed by atoms with E-state index in [0.29, 0.717) is 11.5 Å². The highest BCUT2D eigenvalue weighted by Crippen LogP contribution is 2.51.